The number of rotatable bonds is 3. The third kappa shape index (κ3) is 3.55. The monoisotopic (exact) mass is 474 g/mol. The highest BCUT2D eigenvalue weighted by molar-refractivity contribution is 9.10. The average Bonchev–Trinajstić information content (AvgIpc) is 3.31. The molecule has 31 heavy (non-hydrogen) atoms. The Bertz CT molecular complexity index is 1360. The van der Waals surface area contributed by atoms with Crippen LogP contribution in [-0.2, 0) is 0 Å². The Kier molecular flexibility index (Phi) is 4.71. The number of ether oxygens (including phenoxy) is 2. The van der Waals surface area contributed by atoms with Crippen molar-refractivity contribution in [2.24, 2.45) is 0 Å². The fraction of sp³-hybridized carbons (Fsp3) is 0.0400. The fourth-order valence-electron chi connectivity index (χ4n) is 3.51. The summed E-state index contributed by atoms with van der Waals surface area (Å²) in [5, 5.41) is 0.815. The van der Waals surface area contributed by atoms with Crippen LogP contribution in [0.5, 0.6) is 11.5 Å². The van der Waals surface area contributed by atoms with Crippen LogP contribution in [0.2, 0.25) is 0 Å². The van der Waals surface area contributed by atoms with E-state index in [-0.39, 0.29) is 23.1 Å². The molecule has 0 unspecified atom stereocenters. The van der Waals surface area contributed by atoms with Crippen molar-refractivity contribution in [3.05, 3.63) is 99.4 Å². The van der Waals surface area contributed by atoms with Crippen molar-refractivity contribution in [3.63, 3.8) is 0 Å². The zero-order valence-corrected chi connectivity index (χ0v) is 17.9. The zero-order chi connectivity index (χ0) is 21.5. The van der Waals surface area contributed by atoms with Gasteiger partial charge in [-0.25, -0.2) is 4.79 Å². The quantitative estimate of drug-likeness (QED) is 0.197. The predicted molar refractivity (Wildman–Crippen MR) is 119 cm³/mol. The summed E-state index contributed by atoms with van der Waals surface area (Å²) in [6.07, 6.45) is 1.69. The van der Waals surface area contributed by atoms with Gasteiger partial charge in [-0.05, 0) is 48.4 Å². The van der Waals surface area contributed by atoms with E-state index in [4.69, 9.17) is 13.9 Å². The first-order valence-corrected chi connectivity index (χ1v) is 10.3. The summed E-state index contributed by atoms with van der Waals surface area (Å²) < 4.78 is 17.7. The Hall–Kier alpha value is -3.64. The minimum Gasteiger partial charge on any atom is -0.452 e. The van der Waals surface area contributed by atoms with Gasteiger partial charge in [-0.1, -0.05) is 52.3 Å². The maximum absolute atomic E-state index is 12.9. The van der Waals surface area contributed by atoms with Crippen molar-refractivity contribution in [2.75, 3.05) is 0 Å². The maximum atomic E-state index is 12.9. The first-order chi connectivity index (χ1) is 15.0. The van der Waals surface area contributed by atoms with Crippen molar-refractivity contribution in [1.82, 2.24) is 0 Å². The number of furan rings is 1. The minimum atomic E-state index is -0.621. The Balaban J connectivity index is 1.43. The van der Waals surface area contributed by atoms with Gasteiger partial charge in [0.15, 0.2) is 5.76 Å². The van der Waals surface area contributed by atoms with E-state index in [0.29, 0.717) is 22.5 Å². The number of esters is 1. The number of aryl methyl sites for hydroxylation is 1. The summed E-state index contributed by atoms with van der Waals surface area (Å²) in [5.41, 5.74) is 2.55. The SMILES string of the molecule is Cc1cc(OC(=O)c2cc3ccccc3o2)cc2c1C(=O)/C(=C/c1ccccc1Br)O2. The lowest BCUT2D eigenvalue weighted by atomic mass is 10.0. The molecule has 6 heteroatoms. The predicted octanol–water partition coefficient (Wildman–Crippen LogP) is 6.34. The van der Waals surface area contributed by atoms with Crippen LogP contribution in [0.15, 0.2) is 81.4 Å². The van der Waals surface area contributed by atoms with Crippen LogP contribution in [0.25, 0.3) is 17.0 Å². The average molecular weight is 475 g/mol. The number of halogens is 1. The molecule has 0 aliphatic carbocycles. The first-order valence-electron chi connectivity index (χ1n) is 9.54. The molecule has 0 bridgehead atoms. The number of para-hydroxylation sites is 1. The standard InChI is InChI=1S/C25H15BrO5/c1-14-10-17(29-25(28)22-12-16-7-3-5-9-19(16)30-22)13-20-23(14)24(27)21(31-20)11-15-6-2-4-8-18(15)26/h2-13H,1H3/b21-11-. The highest BCUT2D eigenvalue weighted by Gasteiger charge is 2.30. The molecule has 152 valence electrons. The van der Waals surface area contributed by atoms with Gasteiger partial charge in [-0.15, -0.1) is 0 Å². The summed E-state index contributed by atoms with van der Waals surface area (Å²) in [6.45, 7) is 1.78. The summed E-state index contributed by atoms with van der Waals surface area (Å²) in [6, 6.07) is 19.7. The van der Waals surface area contributed by atoms with Gasteiger partial charge >= 0.3 is 5.97 Å². The summed E-state index contributed by atoms with van der Waals surface area (Å²) in [5.74, 6) is 0.117. The minimum absolute atomic E-state index is 0.103. The topological polar surface area (TPSA) is 65.7 Å². The van der Waals surface area contributed by atoms with Gasteiger partial charge < -0.3 is 13.9 Å². The van der Waals surface area contributed by atoms with E-state index in [0.717, 1.165) is 15.4 Å². The fourth-order valence-corrected chi connectivity index (χ4v) is 3.91. The molecule has 5 rings (SSSR count). The number of benzene rings is 3. The summed E-state index contributed by atoms with van der Waals surface area (Å²) in [7, 11) is 0. The maximum Gasteiger partial charge on any atom is 0.379 e. The molecule has 0 atom stereocenters. The number of carbonyl (C=O) groups is 2. The van der Waals surface area contributed by atoms with E-state index in [1.54, 1.807) is 37.3 Å². The van der Waals surface area contributed by atoms with Crippen LogP contribution in [0, 0.1) is 6.92 Å². The molecule has 0 fully saturated rings. The lowest BCUT2D eigenvalue weighted by Gasteiger charge is -2.06. The van der Waals surface area contributed by atoms with Gasteiger partial charge in [-0.2, -0.15) is 0 Å². The molecule has 1 aliphatic heterocycles. The van der Waals surface area contributed by atoms with Crippen LogP contribution in [0.1, 0.15) is 32.0 Å². The van der Waals surface area contributed by atoms with E-state index in [1.807, 2.05) is 42.5 Å². The number of fused-ring (bicyclic) bond motifs is 2. The van der Waals surface area contributed by atoms with Crippen molar-refractivity contribution in [1.29, 1.82) is 0 Å². The number of hydrogen-bond acceptors (Lipinski definition) is 5. The molecule has 2 heterocycles. The third-order valence-electron chi connectivity index (χ3n) is 4.97. The number of carbonyl (C=O) groups excluding carboxylic acids is 2. The highest BCUT2D eigenvalue weighted by atomic mass is 79.9. The second kappa shape index (κ2) is 7.56. The van der Waals surface area contributed by atoms with Gasteiger partial charge in [0.25, 0.3) is 0 Å². The Morgan fingerprint density at radius 2 is 1.81 bits per heavy atom. The Labute approximate surface area is 186 Å². The van der Waals surface area contributed by atoms with Crippen molar-refractivity contribution < 1.29 is 23.5 Å². The van der Waals surface area contributed by atoms with Gasteiger partial charge in [-0.3, -0.25) is 4.79 Å². The van der Waals surface area contributed by atoms with Gasteiger partial charge in [0.1, 0.15) is 17.1 Å². The molecule has 0 spiro atoms. The van der Waals surface area contributed by atoms with E-state index < -0.39 is 5.97 Å². The number of Topliss-reactive ketones (excluding diaryl/α,β-unsaturated/α-hetero) is 1. The Morgan fingerprint density at radius 1 is 1.03 bits per heavy atom. The van der Waals surface area contributed by atoms with E-state index in [1.165, 1.54) is 0 Å². The molecule has 0 amide bonds. The third-order valence-corrected chi connectivity index (χ3v) is 5.69. The summed E-state index contributed by atoms with van der Waals surface area (Å²) in [4.78, 5) is 25.4. The summed E-state index contributed by atoms with van der Waals surface area (Å²) >= 11 is 3.47. The van der Waals surface area contributed by atoms with Crippen LogP contribution in [-0.4, -0.2) is 11.8 Å². The molecular weight excluding hydrogens is 460 g/mol. The van der Waals surface area contributed by atoms with Gasteiger partial charge in [0, 0.05) is 15.9 Å². The van der Waals surface area contributed by atoms with E-state index >= 15 is 0 Å². The molecule has 0 saturated heterocycles. The number of allylic oxidation sites excluding steroid dienone is 1. The molecule has 4 aromatic rings. The Morgan fingerprint density at radius 3 is 2.61 bits per heavy atom. The van der Waals surface area contributed by atoms with Crippen molar-refractivity contribution in [3.8, 4) is 11.5 Å². The molecular formula is C25H15BrO5. The molecule has 0 radical (unpaired) electrons. The van der Waals surface area contributed by atoms with Crippen molar-refractivity contribution >= 4 is 44.7 Å². The number of hydrogen-bond donors (Lipinski definition) is 0. The van der Waals surface area contributed by atoms with Crippen LogP contribution in [0.4, 0.5) is 0 Å². The highest BCUT2D eigenvalue weighted by Crippen LogP contribution is 2.38. The normalized spacial score (nSPS) is 14.0. The second-order valence-corrected chi connectivity index (χ2v) is 7.97. The van der Waals surface area contributed by atoms with Crippen LogP contribution >= 0.6 is 15.9 Å². The first kappa shape index (κ1) is 19.3. The molecule has 0 saturated carbocycles. The van der Waals surface area contributed by atoms with Crippen LogP contribution in [0.3, 0.4) is 0 Å². The zero-order valence-electron chi connectivity index (χ0n) is 16.3. The van der Waals surface area contributed by atoms with Gasteiger partial charge in [0.2, 0.25) is 11.5 Å². The van der Waals surface area contributed by atoms with Crippen molar-refractivity contribution in [2.45, 2.75) is 6.92 Å². The lowest BCUT2D eigenvalue weighted by molar-refractivity contribution is 0.0703. The van der Waals surface area contributed by atoms with Gasteiger partial charge in [0.05, 0.1) is 5.56 Å². The van der Waals surface area contributed by atoms with E-state index in [9.17, 15) is 9.59 Å². The largest absolute Gasteiger partial charge is 0.452 e. The van der Waals surface area contributed by atoms with E-state index in [2.05, 4.69) is 15.9 Å². The molecule has 5 nitrogen and oxygen atoms in total. The second-order valence-electron chi connectivity index (χ2n) is 7.11. The molecule has 1 aromatic heterocycles. The molecule has 3 aromatic carbocycles. The molecule has 0 N–H and O–H groups in total. The number of ketones is 1. The molecule has 1 aliphatic rings. The van der Waals surface area contributed by atoms with Crippen LogP contribution < -0.4 is 9.47 Å². The smallest absolute Gasteiger partial charge is 0.379 e. The lowest BCUT2D eigenvalue weighted by Crippen LogP contribution is -2.07.